The van der Waals surface area contributed by atoms with Gasteiger partial charge in [-0.05, 0) is 50.9 Å². The average molecular weight is 655 g/mol. The molecule has 0 heterocycles. The van der Waals surface area contributed by atoms with Gasteiger partial charge in [-0.25, -0.2) is 4.57 Å². The van der Waals surface area contributed by atoms with Crippen LogP contribution < -0.4 is 0 Å². The highest BCUT2D eigenvalue weighted by atomic mass is 31.2. The first kappa shape index (κ1) is 42.7. The van der Waals surface area contributed by atoms with Crippen LogP contribution in [0.25, 0.3) is 0 Å². The smallest absolute Gasteiger partial charge is 0.462 e. The Morgan fingerprint density at radius 3 is 2.07 bits per heavy atom. The van der Waals surface area contributed by atoms with Gasteiger partial charge in [0.15, 0.2) is 6.10 Å². The molecule has 0 aromatic carbocycles. The summed E-state index contributed by atoms with van der Waals surface area (Å²) in [5.74, 6) is -0.272. The zero-order chi connectivity index (χ0) is 33.6. The summed E-state index contributed by atoms with van der Waals surface area (Å²) in [6, 6.07) is 0. The number of allylic oxidation sites excluding steroid dienone is 8. The maximum Gasteiger partial charge on any atom is 0.469 e. The van der Waals surface area contributed by atoms with Crippen molar-refractivity contribution in [2.75, 3.05) is 13.2 Å². The van der Waals surface area contributed by atoms with Gasteiger partial charge in [-0.1, -0.05) is 120 Å². The van der Waals surface area contributed by atoms with Gasteiger partial charge in [0.2, 0.25) is 0 Å². The van der Waals surface area contributed by atoms with Gasteiger partial charge in [0, 0.05) is 12.8 Å². The van der Waals surface area contributed by atoms with Crippen LogP contribution in [0.5, 0.6) is 0 Å². The first-order valence-electron chi connectivity index (χ1n) is 16.5. The standard InChI is InChI=1S/C35H59O9P/c1-4-5-25-32(36)26-21-17-12-10-8-6-7-9-11-13-18-22-27-34(37)42-29-33(30-43-45(39,40)41)44-35(38)28-23-19-15-14-16-20-24-31(2)3/h5-7,10-13,17,21,25,31-33,36H,4,8-9,14-16,18-20,22-24,26-30H2,1-3H3,(H2,39,40,41)/b7-6-,12-10-,13-11-,21-17+,25-5-/t32?,33-/m1/s1. The molecule has 9 nitrogen and oxygen atoms in total. The Bertz CT molecular complexity index is 947. The number of phosphoric ester groups is 1. The number of carbonyl (C=O) groups is 2. The summed E-state index contributed by atoms with van der Waals surface area (Å²) >= 11 is 0. The van der Waals surface area contributed by atoms with Gasteiger partial charge in [-0.15, -0.1) is 0 Å². The van der Waals surface area contributed by atoms with Gasteiger partial charge in [0.1, 0.15) is 6.61 Å². The predicted molar refractivity (Wildman–Crippen MR) is 180 cm³/mol. The second-order valence-corrected chi connectivity index (χ2v) is 12.7. The molecular formula is C35H59O9P. The number of esters is 2. The predicted octanol–water partition coefficient (Wildman–Crippen LogP) is 8.22. The molecule has 0 aromatic heterocycles. The van der Waals surface area contributed by atoms with E-state index < -0.39 is 38.6 Å². The first-order chi connectivity index (χ1) is 21.5. The van der Waals surface area contributed by atoms with Crippen molar-refractivity contribution in [3.05, 3.63) is 60.8 Å². The number of aliphatic hydroxyl groups is 1. The van der Waals surface area contributed by atoms with Crippen molar-refractivity contribution < 1.29 is 43.0 Å². The van der Waals surface area contributed by atoms with Gasteiger partial charge in [-0.2, -0.15) is 0 Å². The number of ether oxygens (including phenoxy) is 2. The minimum atomic E-state index is -4.77. The largest absolute Gasteiger partial charge is 0.469 e. The molecule has 0 aromatic rings. The Balaban J connectivity index is 4.17. The van der Waals surface area contributed by atoms with Crippen molar-refractivity contribution in [2.45, 2.75) is 129 Å². The van der Waals surface area contributed by atoms with E-state index in [0.29, 0.717) is 25.7 Å². The lowest BCUT2D eigenvalue weighted by Crippen LogP contribution is -2.29. The number of unbranched alkanes of at least 4 members (excludes halogenated alkanes) is 6. The van der Waals surface area contributed by atoms with Gasteiger partial charge < -0.3 is 24.4 Å². The Kier molecular flexibility index (Phi) is 27.7. The van der Waals surface area contributed by atoms with Crippen molar-refractivity contribution in [2.24, 2.45) is 5.92 Å². The number of hydrogen-bond acceptors (Lipinski definition) is 7. The molecule has 0 saturated carbocycles. The molecule has 0 rings (SSSR count). The summed E-state index contributed by atoms with van der Waals surface area (Å²) in [5, 5.41) is 9.71. The fourth-order valence-electron chi connectivity index (χ4n) is 4.08. The Hall–Kier alpha value is -2.29. The zero-order valence-electron chi connectivity index (χ0n) is 27.8. The second kappa shape index (κ2) is 29.1. The summed E-state index contributed by atoms with van der Waals surface area (Å²) in [6.07, 6.45) is 30.4. The number of rotatable bonds is 28. The second-order valence-electron chi connectivity index (χ2n) is 11.4. The Morgan fingerprint density at radius 1 is 0.756 bits per heavy atom. The molecule has 0 amide bonds. The number of carbonyl (C=O) groups excluding carboxylic acids is 2. The molecule has 0 aliphatic rings. The van der Waals surface area contributed by atoms with E-state index in [4.69, 9.17) is 19.3 Å². The van der Waals surface area contributed by atoms with E-state index in [0.717, 1.165) is 44.4 Å². The fraction of sp³-hybridized carbons (Fsp3) is 0.657. The molecule has 0 fully saturated rings. The van der Waals surface area contributed by atoms with Crippen LogP contribution in [0.4, 0.5) is 0 Å². The van der Waals surface area contributed by atoms with Crippen molar-refractivity contribution >= 4 is 19.8 Å². The van der Waals surface area contributed by atoms with Crippen molar-refractivity contribution in [3.8, 4) is 0 Å². The van der Waals surface area contributed by atoms with Crippen LogP contribution in [-0.4, -0.2) is 52.3 Å². The molecule has 258 valence electrons. The van der Waals surface area contributed by atoms with Gasteiger partial charge in [0.25, 0.3) is 0 Å². The molecule has 0 spiro atoms. The van der Waals surface area contributed by atoms with E-state index >= 15 is 0 Å². The normalized spacial score (nSPS) is 14.1. The molecule has 0 saturated heterocycles. The van der Waals surface area contributed by atoms with E-state index in [1.54, 1.807) is 0 Å². The molecular weight excluding hydrogens is 595 g/mol. The molecule has 0 aliphatic carbocycles. The molecule has 3 N–H and O–H groups in total. The topological polar surface area (TPSA) is 140 Å². The van der Waals surface area contributed by atoms with Crippen LogP contribution in [0.3, 0.4) is 0 Å². The average Bonchev–Trinajstić information content (AvgIpc) is 2.98. The lowest BCUT2D eigenvalue weighted by atomic mass is 10.0. The van der Waals surface area contributed by atoms with Crippen molar-refractivity contribution in [1.82, 2.24) is 0 Å². The highest BCUT2D eigenvalue weighted by Gasteiger charge is 2.22. The van der Waals surface area contributed by atoms with Crippen molar-refractivity contribution in [3.63, 3.8) is 0 Å². The molecule has 0 bridgehead atoms. The maximum absolute atomic E-state index is 12.2. The summed E-state index contributed by atoms with van der Waals surface area (Å²) < 4.78 is 26.1. The van der Waals surface area contributed by atoms with Crippen LogP contribution in [0.2, 0.25) is 0 Å². The lowest BCUT2D eigenvalue weighted by molar-refractivity contribution is -0.161. The molecule has 2 atom stereocenters. The Labute approximate surface area is 271 Å². The quantitative estimate of drug-likeness (QED) is 0.0250. The van der Waals surface area contributed by atoms with Crippen LogP contribution in [-0.2, 0) is 28.2 Å². The van der Waals surface area contributed by atoms with Gasteiger partial charge >= 0.3 is 19.8 Å². The highest BCUT2D eigenvalue weighted by molar-refractivity contribution is 7.46. The first-order valence-corrected chi connectivity index (χ1v) is 18.1. The monoisotopic (exact) mass is 654 g/mol. The number of aliphatic hydroxyl groups excluding tert-OH is 1. The summed E-state index contributed by atoms with van der Waals surface area (Å²) in [7, 11) is -4.77. The van der Waals surface area contributed by atoms with Crippen molar-refractivity contribution in [1.29, 1.82) is 0 Å². The van der Waals surface area contributed by atoms with Crippen LogP contribution >= 0.6 is 7.82 Å². The summed E-state index contributed by atoms with van der Waals surface area (Å²) in [5.41, 5.74) is 0. The summed E-state index contributed by atoms with van der Waals surface area (Å²) in [6.45, 7) is 5.57. The third-order valence-electron chi connectivity index (χ3n) is 6.55. The van der Waals surface area contributed by atoms with Crippen LogP contribution in [0.1, 0.15) is 117 Å². The minimum Gasteiger partial charge on any atom is -0.462 e. The zero-order valence-corrected chi connectivity index (χ0v) is 28.7. The number of phosphoric acid groups is 1. The minimum absolute atomic E-state index is 0.168. The van der Waals surface area contributed by atoms with E-state index in [9.17, 15) is 19.3 Å². The Morgan fingerprint density at radius 2 is 1.38 bits per heavy atom. The molecule has 0 radical (unpaired) electrons. The van der Waals surface area contributed by atoms with E-state index in [-0.39, 0.29) is 19.4 Å². The molecule has 0 aliphatic heterocycles. The van der Waals surface area contributed by atoms with E-state index in [2.05, 4.69) is 30.5 Å². The van der Waals surface area contributed by atoms with Crippen LogP contribution in [0.15, 0.2) is 60.8 Å². The van der Waals surface area contributed by atoms with E-state index in [1.807, 2.05) is 55.5 Å². The lowest BCUT2D eigenvalue weighted by Gasteiger charge is -2.18. The van der Waals surface area contributed by atoms with E-state index in [1.165, 1.54) is 19.3 Å². The fourth-order valence-corrected chi connectivity index (χ4v) is 4.44. The summed E-state index contributed by atoms with van der Waals surface area (Å²) in [4.78, 5) is 42.4. The molecule has 1 unspecified atom stereocenters. The van der Waals surface area contributed by atoms with Gasteiger partial charge in [0.05, 0.1) is 12.7 Å². The molecule has 10 heteroatoms. The van der Waals surface area contributed by atoms with Crippen LogP contribution in [0, 0.1) is 5.92 Å². The number of hydrogen-bond donors (Lipinski definition) is 3. The SMILES string of the molecule is CC/C=C\C(O)C/C=C/C=C\C/C=C\C/C=C\CCCC(=O)OC[C@H](COP(=O)(O)O)OC(=O)CCCCCCCCC(C)C. The molecule has 45 heavy (non-hydrogen) atoms. The van der Waals surface area contributed by atoms with Gasteiger partial charge in [-0.3, -0.25) is 14.1 Å². The highest BCUT2D eigenvalue weighted by Crippen LogP contribution is 2.35. The third-order valence-corrected chi connectivity index (χ3v) is 7.04. The third kappa shape index (κ3) is 32.9. The maximum atomic E-state index is 12.2.